The number of ether oxygens (including phenoxy) is 3. The van der Waals surface area contributed by atoms with Crippen LogP contribution in [0.2, 0.25) is 0 Å². The van der Waals surface area contributed by atoms with Gasteiger partial charge in [-0.15, -0.1) is 0 Å². The molecule has 1 aromatic rings. The minimum atomic E-state index is -0.464. The van der Waals surface area contributed by atoms with E-state index in [2.05, 4.69) is 29.3 Å². The highest BCUT2D eigenvalue weighted by Crippen LogP contribution is 2.51. The molecule has 2 bridgehead atoms. The fraction of sp³-hybridized carbons (Fsp3) is 0.704. The highest BCUT2D eigenvalue weighted by molar-refractivity contribution is 5.81. The molecule has 1 aromatic carbocycles. The summed E-state index contributed by atoms with van der Waals surface area (Å²) in [7, 11) is 1.49. The molecule has 2 saturated carbocycles. The lowest BCUT2D eigenvalue weighted by Gasteiger charge is -2.48. The normalized spacial score (nSPS) is 31.5. The second kappa shape index (κ2) is 11.1. The molecule has 34 heavy (non-hydrogen) atoms. The van der Waals surface area contributed by atoms with E-state index < -0.39 is 11.5 Å². The SMILES string of the molecule is CCOc1ccc(CN2CCO[C@@H](C(=O)NC3CCC4CC3C[C@](CC)(C(=O)OC)C4)C2)cc1. The molecule has 5 atom stereocenters. The average molecular weight is 473 g/mol. The molecule has 1 N–H and O–H groups in total. The van der Waals surface area contributed by atoms with E-state index in [1.165, 1.54) is 12.7 Å². The molecule has 1 heterocycles. The van der Waals surface area contributed by atoms with Gasteiger partial charge in [-0.3, -0.25) is 14.5 Å². The zero-order chi connectivity index (χ0) is 24.1. The first-order chi connectivity index (χ1) is 16.5. The van der Waals surface area contributed by atoms with Gasteiger partial charge in [-0.1, -0.05) is 19.1 Å². The summed E-state index contributed by atoms with van der Waals surface area (Å²) in [6, 6.07) is 8.25. The van der Waals surface area contributed by atoms with Crippen LogP contribution in [0, 0.1) is 17.3 Å². The molecule has 7 nitrogen and oxygen atoms in total. The van der Waals surface area contributed by atoms with E-state index >= 15 is 0 Å². The van der Waals surface area contributed by atoms with Gasteiger partial charge >= 0.3 is 5.97 Å². The van der Waals surface area contributed by atoms with Gasteiger partial charge in [-0.25, -0.2) is 0 Å². The van der Waals surface area contributed by atoms with Gasteiger partial charge in [-0.05, 0) is 75.0 Å². The van der Waals surface area contributed by atoms with Crippen LogP contribution >= 0.6 is 0 Å². The minimum Gasteiger partial charge on any atom is -0.494 e. The average Bonchev–Trinajstić information content (AvgIpc) is 2.86. The van der Waals surface area contributed by atoms with Crippen LogP contribution in [0.1, 0.15) is 57.9 Å². The number of morpholine rings is 1. The zero-order valence-corrected chi connectivity index (χ0v) is 20.9. The maximum Gasteiger partial charge on any atom is 0.311 e. The second-order valence-electron chi connectivity index (χ2n) is 10.3. The first-order valence-electron chi connectivity index (χ1n) is 12.9. The lowest BCUT2D eigenvalue weighted by atomic mass is 9.58. The standard InChI is InChI=1S/C27H40N2O5/c1-4-27(26(31)32-3)15-20-8-11-23(21(14-20)16-27)28-25(30)24-18-29(12-13-34-24)17-19-6-9-22(10-7-19)33-5-2/h6-7,9-10,20-21,23-24H,4-5,8,11-18H2,1-3H3,(H,28,30)/t20?,21?,23?,24-,27-/m1/s1. The van der Waals surface area contributed by atoms with E-state index in [1.807, 2.05) is 19.1 Å². The van der Waals surface area contributed by atoms with Gasteiger partial charge in [0.05, 0.1) is 25.7 Å². The monoisotopic (exact) mass is 472 g/mol. The van der Waals surface area contributed by atoms with E-state index in [-0.39, 0.29) is 17.9 Å². The van der Waals surface area contributed by atoms with Gasteiger partial charge in [0.15, 0.2) is 0 Å². The van der Waals surface area contributed by atoms with Crippen LogP contribution < -0.4 is 10.1 Å². The first kappa shape index (κ1) is 25.0. The Labute approximate surface area is 203 Å². The maximum absolute atomic E-state index is 13.2. The maximum atomic E-state index is 13.2. The molecule has 3 aliphatic rings. The Kier molecular flexibility index (Phi) is 8.14. The summed E-state index contributed by atoms with van der Waals surface area (Å²) in [5, 5.41) is 3.31. The number of carbonyl (C=O) groups excluding carboxylic acids is 2. The number of hydrogen-bond donors (Lipinski definition) is 1. The van der Waals surface area contributed by atoms with Crippen molar-refractivity contribution in [3.8, 4) is 5.75 Å². The Hall–Kier alpha value is -2.12. The van der Waals surface area contributed by atoms with Gasteiger partial charge in [0.1, 0.15) is 11.9 Å². The van der Waals surface area contributed by atoms with Crippen molar-refractivity contribution in [2.45, 2.75) is 71.1 Å². The number of carbonyl (C=O) groups is 2. The Morgan fingerprint density at radius 2 is 1.97 bits per heavy atom. The smallest absolute Gasteiger partial charge is 0.311 e. The Bertz CT molecular complexity index is 844. The molecular weight excluding hydrogens is 432 g/mol. The second-order valence-corrected chi connectivity index (χ2v) is 10.3. The van der Waals surface area contributed by atoms with Crippen molar-refractivity contribution in [1.82, 2.24) is 10.2 Å². The third-order valence-electron chi connectivity index (χ3n) is 8.13. The fourth-order valence-electron chi connectivity index (χ4n) is 6.31. The van der Waals surface area contributed by atoms with Crippen LogP contribution in [0.3, 0.4) is 0 Å². The molecule has 7 heteroatoms. The molecule has 0 spiro atoms. The number of nitrogens with zero attached hydrogens (tertiary/aromatic N) is 1. The van der Waals surface area contributed by atoms with E-state index in [9.17, 15) is 9.59 Å². The molecule has 3 unspecified atom stereocenters. The van der Waals surface area contributed by atoms with Crippen LogP contribution in [0.5, 0.6) is 5.75 Å². The summed E-state index contributed by atoms with van der Waals surface area (Å²) in [5.41, 5.74) is 0.797. The number of esters is 1. The Morgan fingerprint density at radius 3 is 2.68 bits per heavy atom. The van der Waals surface area contributed by atoms with Crippen molar-refractivity contribution in [1.29, 1.82) is 0 Å². The van der Waals surface area contributed by atoms with E-state index in [0.29, 0.717) is 31.6 Å². The van der Waals surface area contributed by atoms with Crippen LogP contribution in [0.4, 0.5) is 0 Å². The highest BCUT2D eigenvalue weighted by Gasteiger charge is 2.49. The molecule has 1 saturated heterocycles. The molecule has 0 aromatic heterocycles. The largest absolute Gasteiger partial charge is 0.494 e. The number of methoxy groups -OCH3 is 1. The molecule has 1 amide bonds. The van der Waals surface area contributed by atoms with Crippen molar-refractivity contribution in [3.05, 3.63) is 29.8 Å². The van der Waals surface area contributed by atoms with E-state index in [4.69, 9.17) is 14.2 Å². The predicted octanol–water partition coefficient (Wildman–Crippen LogP) is 3.55. The summed E-state index contributed by atoms with van der Waals surface area (Å²) < 4.78 is 16.6. The van der Waals surface area contributed by atoms with Gasteiger partial charge < -0.3 is 19.5 Å². The van der Waals surface area contributed by atoms with Crippen LogP contribution in [-0.4, -0.2) is 62.3 Å². The van der Waals surface area contributed by atoms with Crippen molar-refractivity contribution < 1.29 is 23.8 Å². The van der Waals surface area contributed by atoms with Crippen molar-refractivity contribution >= 4 is 11.9 Å². The Balaban J connectivity index is 1.33. The molecule has 3 fully saturated rings. The molecular formula is C27H40N2O5. The summed E-state index contributed by atoms with van der Waals surface area (Å²) in [6.07, 6.45) is 5.15. The minimum absolute atomic E-state index is 0.0226. The lowest BCUT2D eigenvalue weighted by Crippen LogP contribution is -2.55. The molecule has 0 radical (unpaired) electrons. The van der Waals surface area contributed by atoms with Gasteiger partial charge in [0.25, 0.3) is 5.91 Å². The van der Waals surface area contributed by atoms with Crippen LogP contribution in [-0.2, 0) is 25.6 Å². The number of amides is 1. The number of benzene rings is 1. The lowest BCUT2D eigenvalue weighted by molar-refractivity contribution is -0.159. The first-order valence-corrected chi connectivity index (χ1v) is 12.9. The molecule has 188 valence electrons. The quantitative estimate of drug-likeness (QED) is 0.583. The zero-order valence-electron chi connectivity index (χ0n) is 20.9. The Morgan fingerprint density at radius 1 is 1.18 bits per heavy atom. The van der Waals surface area contributed by atoms with Crippen LogP contribution in [0.15, 0.2) is 24.3 Å². The summed E-state index contributed by atoms with van der Waals surface area (Å²) in [5.74, 6) is 1.63. The number of fused-ring (bicyclic) bond motifs is 2. The molecule has 4 rings (SSSR count). The highest BCUT2D eigenvalue weighted by atomic mass is 16.5. The van der Waals surface area contributed by atoms with Crippen molar-refractivity contribution in [3.63, 3.8) is 0 Å². The summed E-state index contributed by atoms with van der Waals surface area (Å²) in [6.45, 7) is 7.44. The fourth-order valence-corrected chi connectivity index (χ4v) is 6.31. The predicted molar refractivity (Wildman–Crippen MR) is 129 cm³/mol. The topological polar surface area (TPSA) is 77.1 Å². The molecule has 1 aliphatic heterocycles. The summed E-state index contributed by atoms with van der Waals surface area (Å²) in [4.78, 5) is 28.1. The molecule has 2 aliphatic carbocycles. The number of nitrogens with one attached hydrogen (secondary N) is 1. The van der Waals surface area contributed by atoms with Crippen molar-refractivity contribution in [2.75, 3.05) is 33.4 Å². The van der Waals surface area contributed by atoms with Gasteiger partial charge in [-0.2, -0.15) is 0 Å². The van der Waals surface area contributed by atoms with Gasteiger partial charge in [0, 0.05) is 25.7 Å². The van der Waals surface area contributed by atoms with Gasteiger partial charge in [0.2, 0.25) is 0 Å². The van der Waals surface area contributed by atoms with E-state index in [0.717, 1.165) is 57.4 Å². The van der Waals surface area contributed by atoms with Crippen LogP contribution in [0.25, 0.3) is 0 Å². The summed E-state index contributed by atoms with van der Waals surface area (Å²) >= 11 is 0. The third kappa shape index (κ3) is 5.57. The number of rotatable bonds is 8. The number of hydrogen-bond acceptors (Lipinski definition) is 6. The van der Waals surface area contributed by atoms with Crippen molar-refractivity contribution in [2.24, 2.45) is 17.3 Å². The third-order valence-corrected chi connectivity index (χ3v) is 8.13. The van der Waals surface area contributed by atoms with E-state index in [1.54, 1.807) is 0 Å².